The van der Waals surface area contributed by atoms with E-state index in [0.29, 0.717) is 34.3 Å². The quantitative estimate of drug-likeness (QED) is 0.176. The van der Waals surface area contributed by atoms with Gasteiger partial charge in [-0.3, -0.25) is 0 Å². The minimum atomic E-state index is -0.379. The topological polar surface area (TPSA) is 69.9 Å². The molecule has 0 aliphatic rings. The number of hydrogen-bond acceptors (Lipinski definition) is 5. The molecule has 6 nitrogen and oxygen atoms in total. The molecule has 0 bridgehead atoms. The number of rotatable bonds is 5. The Kier molecular flexibility index (Phi) is 5.64. The summed E-state index contributed by atoms with van der Waals surface area (Å²) in [6, 6.07) is 45.1. The number of benzene rings is 8. The summed E-state index contributed by atoms with van der Waals surface area (Å²) >= 11 is 0. The summed E-state index contributed by atoms with van der Waals surface area (Å²) in [6.07, 6.45) is 0. The molecule has 0 saturated heterocycles. The molecule has 0 N–H and O–H groups in total. The number of furan rings is 2. The van der Waals surface area contributed by atoms with E-state index in [2.05, 4.69) is 16.7 Å². The highest BCUT2D eigenvalue weighted by Gasteiger charge is 2.21. The molecular formula is C51H30N4O2. The van der Waals surface area contributed by atoms with Gasteiger partial charge in [0.15, 0.2) is 17.5 Å². The van der Waals surface area contributed by atoms with Crippen LogP contribution in [0.15, 0.2) is 191 Å². The minimum absolute atomic E-state index is 0.0114. The van der Waals surface area contributed by atoms with Gasteiger partial charge in [0.25, 0.3) is 0 Å². The summed E-state index contributed by atoms with van der Waals surface area (Å²) in [4.78, 5) is 15.2. The van der Waals surface area contributed by atoms with Crippen molar-refractivity contribution < 1.29 is 17.1 Å². The molecule has 12 aromatic rings. The van der Waals surface area contributed by atoms with Crippen LogP contribution in [0.3, 0.4) is 0 Å². The van der Waals surface area contributed by atoms with Crippen molar-refractivity contribution in [2.24, 2.45) is 0 Å². The molecule has 0 aliphatic carbocycles. The molecule has 0 atom stereocenters. The molecule has 0 fully saturated rings. The smallest absolute Gasteiger partial charge is 0.164 e. The second-order valence-electron chi connectivity index (χ2n) is 13.9. The molecular weight excluding hydrogens is 701 g/mol. The van der Waals surface area contributed by atoms with E-state index >= 15 is 0 Å². The van der Waals surface area contributed by atoms with Crippen LogP contribution in [0.25, 0.3) is 117 Å². The minimum Gasteiger partial charge on any atom is -0.456 e. The zero-order chi connectivity index (χ0) is 42.7. The third-order valence-corrected chi connectivity index (χ3v) is 10.6. The van der Waals surface area contributed by atoms with Crippen molar-refractivity contribution in [1.29, 1.82) is 0 Å². The van der Waals surface area contributed by atoms with Crippen LogP contribution in [-0.2, 0) is 0 Å². The second-order valence-corrected chi connectivity index (χ2v) is 13.9. The second kappa shape index (κ2) is 12.3. The number of fused-ring (bicyclic) bond motifs is 9. The molecule has 266 valence electrons. The van der Waals surface area contributed by atoms with Crippen LogP contribution in [0.5, 0.6) is 0 Å². The first-order chi connectivity index (χ1) is 30.7. The molecule has 4 aromatic heterocycles. The van der Waals surface area contributed by atoms with Gasteiger partial charge in [0.05, 0.1) is 24.9 Å². The Morgan fingerprint density at radius 1 is 0.404 bits per heavy atom. The van der Waals surface area contributed by atoms with E-state index in [-0.39, 0.29) is 63.8 Å². The highest BCUT2D eigenvalue weighted by atomic mass is 16.3. The Bertz CT molecular complexity index is 3840. The average molecular weight is 737 g/mol. The van der Waals surface area contributed by atoms with Crippen LogP contribution in [0, 0.1) is 0 Å². The van der Waals surface area contributed by atoms with Gasteiger partial charge in [-0.15, -0.1) is 0 Å². The molecule has 6 heteroatoms. The van der Waals surface area contributed by atoms with Gasteiger partial charge in [-0.2, -0.15) is 0 Å². The van der Waals surface area contributed by atoms with Crippen LogP contribution in [-0.4, -0.2) is 19.5 Å². The molecule has 8 aromatic carbocycles. The fourth-order valence-corrected chi connectivity index (χ4v) is 8.03. The molecule has 4 heterocycles. The lowest BCUT2D eigenvalue weighted by atomic mass is 9.98. The van der Waals surface area contributed by atoms with Crippen LogP contribution < -0.4 is 0 Å². The zero-order valence-corrected chi connectivity index (χ0v) is 30.0. The summed E-state index contributed by atoms with van der Waals surface area (Å²) in [5.74, 6) is 1.23. The van der Waals surface area contributed by atoms with E-state index in [0.717, 1.165) is 54.9 Å². The Hall–Kier alpha value is -7.83. The maximum Gasteiger partial charge on any atom is 0.164 e. The van der Waals surface area contributed by atoms with Crippen LogP contribution in [0.1, 0.15) is 8.22 Å². The lowest BCUT2D eigenvalue weighted by Gasteiger charge is -2.16. The largest absolute Gasteiger partial charge is 0.456 e. The molecule has 0 unspecified atom stereocenters. The average Bonchev–Trinajstić information content (AvgIpc) is 4.01. The van der Waals surface area contributed by atoms with E-state index in [1.165, 1.54) is 6.07 Å². The van der Waals surface area contributed by atoms with Crippen molar-refractivity contribution in [2.75, 3.05) is 0 Å². The maximum absolute atomic E-state index is 9.55. The van der Waals surface area contributed by atoms with Crippen LogP contribution in [0.4, 0.5) is 0 Å². The monoisotopic (exact) mass is 736 g/mol. The summed E-state index contributed by atoms with van der Waals surface area (Å²) in [5, 5.41) is 4.13. The van der Waals surface area contributed by atoms with E-state index in [1.807, 2.05) is 127 Å². The predicted molar refractivity (Wildman–Crippen MR) is 230 cm³/mol. The number of hydrogen-bond donors (Lipinski definition) is 0. The first kappa shape index (κ1) is 26.1. The van der Waals surface area contributed by atoms with E-state index in [1.54, 1.807) is 0 Å². The Labute approximate surface area is 334 Å². The molecule has 57 heavy (non-hydrogen) atoms. The fraction of sp³-hybridized carbons (Fsp3) is 0. The van der Waals surface area contributed by atoms with Crippen molar-refractivity contribution in [3.63, 3.8) is 0 Å². The highest BCUT2D eigenvalue weighted by Crippen LogP contribution is 2.42. The van der Waals surface area contributed by atoms with Crippen LogP contribution in [0.2, 0.25) is 0 Å². The zero-order valence-electron chi connectivity index (χ0n) is 36.0. The van der Waals surface area contributed by atoms with E-state index < -0.39 is 0 Å². The summed E-state index contributed by atoms with van der Waals surface area (Å²) in [7, 11) is 0. The number of nitrogens with zero attached hydrogens (tertiary/aromatic N) is 4. The Balaban J connectivity index is 1.18. The molecule has 0 radical (unpaired) electrons. The molecule has 0 spiro atoms. The standard InChI is InChI=1S/C51H30N4O2/c1-2-13-31(14-3-1)49-52-50(54-51(53-49)33-26-28-47-41(30-33)37-18-7-10-23-45(37)56-47)32-25-27-44(55-42-21-8-4-15-34(42)35-16-5-9-22-43(35)55)40(29-32)39-20-12-19-38-36-17-6-11-24-46(36)57-48(38)39/h1-30H/i6D,12D,17D,19D,20D,24D. The lowest BCUT2D eigenvalue weighted by molar-refractivity contribution is 0.669. The molecule has 0 saturated carbocycles. The lowest BCUT2D eigenvalue weighted by Crippen LogP contribution is -2.02. The molecule has 0 aliphatic heterocycles. The van der Waals surface area contributed by atoms with Gasteiger partial charge in [-0.25, -0.2) is 15.0 Å². The van der Waals surface area contributed by atoms with Gasteiger partial charge < -0.3 is 13.4 Å². The van der Waals surface area contributed by atoms with Crippen molar-refractivity contribution in [2.45, 2.75) is 0 Å². The summed E-state index contributed by atoms with van der Waals surface area (Å²) in [6.45, 7) is 0. The van der Waals surface area contributed by atoms with Gasteiger partial charge in [-0.1, -0.05) is 121 Å². The third kappa shape index (κ3) is 4.94. The molecule has 0 amide bonds. The van der Waals surface area contributed by atoms with Crippen LogP contribution >= 0.6 is 0 Å². The van der Waals surface area contributed by atoms with Gasteiger partial charge in [0, 0.05) is 60.1 Å². The van der Waals surface area contributed by atoms with Crippen molar-refractivity contribution in [1.82, 2.24) is 19.5 Å². The molecule has 12 rings (SSSR count). The summed E-state index contributed by atoms with van der Waals surface area (Å²) in [5.41, 5.74) is 6.85. The van der Waals surface area contributed by atoms with E-state index in [4.69, 9.17) is 30.6 Å². The summed E-state index contributed by atoms with van der Waals surface area (Å²) < 4.78 is 68.6. The van der Waals surface area contributed by atoms with E-state index in [9.17, 15) is 1.37 Å². The predicted octanol–water partition coefficient (Wildman–Crippen LogP) is 13.4. The number of para-hydroxylation sites is 5. The van der Waals surface area contributed by atoms with Gasteiger partial charge >= 0.3 is 0 Å². The maximum atomic E-state index is 9.55. The Morgan fingerprint density at radius 2 is 1.04 bits per heavy atom. The highest BCUT2D eigenvalue weighted by molar-refractivity contribution is 6.12. The SMILES string of the molecule is [2H]c1cc([2H])c2oc3c(-c4cc(-c5nc(-c6ccccc6)nc(-c6ccc7oc8ccccc8c7c6)n5)ccc4-n4c5ccccc5c5ccccc54)c([2H])c([2H])c([2H])c3c2c1[2H]. The fourth-order valence-electron chi connectivity index (χ4n) is 8.03. The van der Waals surface area contributed by atoms with Gasteiger partial charge in [-0.05, 0) is 60.6 Å². The van der Waals surface area contributed by atoms with Crippen molar-refractivity contribution >= 4 is 65.7 Å². The van der Waals surface area contributed by atoms with Gasteiger partial charge in [0.1, 0.15) is 22.3 Å². The van der Waals surface area contributed by atoms with Crippen molar-refractivity contribution in [3.05, 3.63) is 182 Å². The third-order valence-electron chi connectivity index (χ3n) is 10.6. The first-order valence-electron chi connectivity index (χ1n) is 21.5. The first-order valence-corrected chi connectivity index (χ1v) is 18.5. The van der Waals surface area contributed by atoms with Gasteiger partial charge in [0.2, 0.25) is 0 Å². The Morgan fingerprint density at radius 3 is 1.82 bits per heavy atom. The van der Waals surface area contributed by atoms with Crippen molar-refractivity contribution in [3.8, 4) is 51.0 Å². The number of aromatic nitrogens is 4. The normalized spacial score (nSPS) is 13.3.